The minimum absolute atomic E-state index is 0.0417. The number of hydrogen-bond donors (Lipinski definition) is 2. The Morgan fingerprint density at radius 3 is 2.10 bits per heavy atom. The molecule has 0 aliphatic rings. The van der Waals surface area contributed by atoms with E-state index in [1.807, 2.05) is 0 Å². The van der Waals surface area contributed by atoms with Gasteiger partial charge in [-0.2, -0.15) is 10.5 Å². The summed E-state index contributed by atoms with van der Waals surface area (Å²) in [5.41, 5.74) is 0. The molecule has 0 bridgehead atoms. The van der Waals surface area contributed by atoms with Crippen molar-refractivity contribution < 1.29 is 29.9 Å². The Morgan fingerprint density at radius 2 is 1.50 bits per heavy atom. The molecule has 0 saturated heterocycles. The van der Waals surface area contributed by atoms with Crippen LogP contribution in [-0.2, 0) is 19.4 Å². The Morgan fingerprint density at radius 1 is 0.900 bits per heavy atom. The molecule has 0 aliphatic heterocycles. The zero-order chi connectivity index (χ0) is 15.2. The SMILES string of the molecule is CCCCCCCCC(CCC(=O)OO)CC(=O)OO. The Balaban J connectivity index is 3.91. The van der Waals surface area contributed by atoms with Gasteiger partial charge in [-0.15, -0.1) is 0 Å². The smallest absolute Gasteiger partial charge is 0.301 e. The molecule has 0 amide bonds. The largest absolute Gasteiger partial charge is 0.342 e. The van der Waals surface area contributed by atoms with Crippen LogP contribution in [0.25, 0.3) is 0 Å². The Kier molecular flexibility index (Phi) is 12.1. The van der Waals surface area contributed by atoms with E-state index in [0.717, 1.165) is 19.3 Å². The maximum absolute atomic E-state index is 11.1. The van der Waals surface area contributed by atoms with Crippen LogP contribution in [0.2, 0.25) is 0 Å². The highest BCUT2D eigenvalue weighted by atomic mass is 17.1. The molecule has 118 valence electrons. The summed E-state index contributed by atoms with van der Waals surface area (Å²) < 4.78 is 0. The van der Waals surface area contributed by atoms with Gasteiger partial charge >= 0.3 is 11.9 Å². The number of carbonyl (C=O) groups excluding carboxylic acids is 2. The maximum atomic E-state index is 11.1. The Bertz CT molecular complexity index is 266. The first-order valence-corrected chi connectivity index (χ1v) is 7.32. The lowest BCUT2D eigenvalue weighted by Crippen LogP contribution is -2.13. The first-order chi connectivity index (χ1) is 9.63. The van der Waals surface area contributed by atoms with Gasteiger partial charge in [0.25, 0.3) is 0 Å². The molecule has 1 unspecified atom stereocenters. The van der Waals surface area contributed by atoms with E-state index in [0.29, 0.717) is 6.42 Å². The van der Waals surface area contributed by atoms with Crippen molar-refractivity contribution in [3.8, 4) is 0 Å². The van der Waals surface area contributed by atoms with Gasteiger partial charge in [0.05, 0.1) is 6.42 Å². The molecule has 0 aromatic carbocycles. The minimum atomic E-state index is -0.713. The van der Waals surface area contributed by atoms with Crippen LogP contribution >= 0.6 is 0 Å². The van der Waals surface area contributed by atoms with Gasteiger partial charge in [-0.05, 0) is 18.8 Å². The third-order valence-electron chi connectivity index (χ3n) is 3.38. The van der Waals surface area contributed by atoms with E-state index in [2.05, 4.69) is 16.7 Å². The lowest BCUT2D eigenvalue weighted by Gasteiger charge is -2.14. The summed E-state index contributed by atoms with van der Waals surface area (Å²) in [5, 5.41) is 16.5. The second kappa shape index (κ2) is 12.9. The molecule has 0 aromatic heterocycles. The van der Waals surface area contributed by atoms with Gasteiger partial charge in [-0.3, -0.25) is 0 Å². The van der Waals surface area contributed by atoms with Gasteiger partial charge in [-0.25, -0.2) is 9.59 Å². The van der Waals surface area contributed by atoms with Gasteiger partial charge in [0, 0.05) is 6.42 Å². The molecule has 6 nitrogen and oxygen atoms in total. The number of hydrogen-bond acceptors (Lipinski definition) is 6. The molecule has 0 spiro atoms. The van der Waals surface area contributed by atoms with E-state index in [-0.39, 0.29) is 18.8 Å². The van der Waals surface area contributed by atoms with Crippen molar-refractivity contribution in [2.45, 2.75) is 71.1 Å². The second-order valence-electron chi connectivity index (χ2n) is 5.09. The predicted octanol–water partition coefficient (Wildman–Crippen LogP) is 3.56. The molecule has 0 rings (SSSR count). The van der Waals surface area contributed by atoms with E-state index in [1.54, 1.807) is 0 Å². The summed E-state index contributed by atoms with van der Waals surface area (Å²) in [5.74, 6) is -1.45. The van der Waals surface area contributed by atoms with Crippen molar-refractivity contribution in [3.05, 3.63) is 0 Å². The average molecular weight is 290 g/mol. The molecule has 0 radical (unpaired) electrons. The first-order valence-electron chi connectivity index (χ1n) is 7.32. The van der Waals surface area contributed by atoms with Crippen molar-refractivity contribution in [3.63, 3.8) is 0 Å². The van der Waals surface area contributed by atoms with Crippen LogP contribution in [0.15, 0.2) is 0 Å². The Labute approximate surface area is 119 Å². The van der Waals surface area contributed by atoms with Crippen LogP contribution in [0.5, 0.6) is 0 Å². The fourth-order valence-electron chi connectivity index (χ4n) is 2.20. The van der Waals surface area contributed by atoms with Crippen LogP contribution in [-0.4, -0.2) is 22.5 Å². The number of carbonyl (C=O) groups is 2. The van der Waals surface area contributed by atoms with Crippen LogP contribution < -0.4 is 0 Å². The average Bonchev–Trinajstić information content (AvgIpc) is 2.47. The third-order valence-corrected chi connectivity index (χ3v) is 3.38. The molecule has 0 saturated carbocycles. The topological polar surface area (TPSA) is 93.1 Å². The van der Waals surface area contributed by atoms with Crippen molar-refractivity contribution in [2.75, 3.05) is 0 Å². The normalized spacial score (nSPS) is 11.9. The van der Waals surface area contributed by atoms with Crippen LogP contribution in [0, 0.1) is 5.92 Å². The molecule has 0 fully saturated rings. The molecular formula is C14H26O6. The fourth-order valence-corrected chi connectivity index (χ4v) is 2.20. The van der Waals surface area contributed by atoms with Crippen molar-refractivity contribution in [1.82, 2.24) is 0 Å². The monoisotopic (exact) mass is 290 g/mol. The summed E-state index contributed by atoms with van der Waals surface area (Å²) in [7, 11) is 0. The number of unbranched alkanes of at least 4 members (excludes halogenated alkanes) is 5. The van der Waals surface area contributed by atoms with Crippen LogP contribution in [0.1, 0.15) is 71.1 Å². The van der Waals surface area contributed by atoms with Crippen LogP contribution in [0.3, 0.4) is 0 Å². The maximum Gasteiger partial charge on any atom is 0.342 e. The quantitative estimate of drug-likeness (QED) is 0.324. The van der Waals surface area contributed by atoms with E-state index in [9.17, 15) is 9.59 Å². The first kappa shape index (κ1) is 18.9. The zero-order valence-electron chi connectivity index (χ0n) is 12.2. The minimum Gasteiger partial charge on any atom is -0.301 e. The predicted molar refractivity (Wildman–Crippen MR) is 72.8 cm³/mol. The summed E-state index contributed by atoms with van der Waals surface area (Å²) in [4.78, 5) is 29.2. The Hall–Kier alpha value is -1.14. The molecule has 2 N–H and O–H groups in total. The number of rotatable bonds is 12. The lowest BCUT2D eigenvalue weighted by atomic mass is 9.93. The standard InChI is InChI=1S/C14H26O6/c1-2-3-4-5-6-7-8-12(11-14(16)20-18)9-10-13(15)19-17/h12,17-18H,2-11H2,1H3. The van der Waals surface area contributed by atoms with Gasteiger partial charge < -0.3 is 9.78 Å². The highest BCUT2D eigenvalue weighted by Gasteiger charge is 2.17. The summed E-state index contributed by atoms with van der Waals surface area (Å²) in [6, 6.07) is 0. The van der Waals surface area contributed by atoms with E-state index >= 15 is 0 Å². The highest BCUT2D eigenvalue weighted by molar-refractivity contribution is 5.70. The van der Waals surface area contributed by atoms with Crippen molar-refractivity contribution in [2.24, 2.45) is 5.92 Å². The second-order valence-corrected chi connectivity index (χ2v) is 5.09. The van der Waals surface area contributed by atoms with E-state index in [4.69, 9.17) is 10.5 Å². The molecule has 0 aliphatic carbocycles. The van der Waals surface area contributed by atoms with Crippen molar-refractivity contribution >= 4 is 11.9 Å². The summed E-state index contributed by atoms with van der Waals surface area (Å²) >= 11 is 0. The molecule has 6 heteroatoms. The molecular weight excluding hydrogens is 264 g/mol. The van der Waals surface area contributed by atoms with E-state index < -0.39 is 11.9 Å². The third kappa shape index (κ3) is 10.8. The van der Waals surface area contributed by atoms with Crippen LogP contribution in [0.4, 0.5) is 0 Å². The summed E-state index contributed by atoms with van der Waals surface area (Å²) in [6.07, 6.45) is 8.25. The van der Waals surface area contributed by atoms with Gasteiger partial charge in [-0.1, -0.05) is 45.4 Å². The van der Waals surface area contributed by atoms with E-state index in [1.165, 1.54) is 25.7 Å². The zero-order valence-corrected chi connectivity index (χ0v) is 12.2. The van der Waals surface area contributed by atoms with Gasteiger partial charge in [0.2, 0.25) is 0 Å². The molecule has 1 atom stereocenters. The van der Waals surface area contributed by atoms with Gasteiger partial charge in [0.1, 0.15) is 0 Å². The molecule has 20 heavy (non-hydrogen) atoms. The van der Waals surface area contributed by atoms with Gasteiger partial charge in [0.15, 0.2) is 0 Å². The molecule has 0 aromatic rings. The molecule has 0 heterocycles. The summed E-state index contributed by atoms with van der Waals surface area (Å²) in [6.45, 7) is 2.16. The van der Waals surface area contributed by atoms with Crippen molar-refractivity contribution in [1.29, 1.82) is 0 Å². The lowest BCUT2D eigenvalue weighted by molar-refractivity contribution is -0.236. The highest BCUT2D eigenvalue weighted by Crippen LogP contribution is 2.21. The fraction of sp³-hybridized carbons (Fsp3) is 0.857.